The van der Waals surface area contributed by atoms with E-state index in [1.165, 1.54) is 19.2 Å². The van der Waals surface area contributed by atoms with Crippen LogP contribution in [0.4, 0.5) is 0 Å². The molecule has 6 heteroatoms. The van der Waals surface area contributed by atoms with Crippen molar-refractivity contribution in [3.05, 3.63) is 21.9 Å². The lowest BCUT2D eigenvalue weighted by Gasteiger charge is -2.31. The highest BCUT2D eigenvalue weighted by atomic mass is 32.1. The zero-order chi connectivity index (χ0) is 24.8. The first-order valence-corrected chi connectivity index (χ1v) is 14.9. The molecule has 0 saturated carbocycles. The Morgan fingerprint density at radius 3 is 1.88 bits per heavy atom. The van der Waals surface area contributed by atoms with Gasteiger partial charge in [0, 0.05) is 19.2 Å². The van der Waals surface area contributed by atoms with Crippen LogP contribution in [0.2, 0.25) is 0 Å². The fraction of sp³-hybridized carbons (Fsp3) is 0.714. The Morgan fingerprint density at radius 1 is 0.765 bits per heavy atom. The average Bonchev–Trinajstić information content (AvgIpc) is 3.37. The van der Waals surface area contributed by atoms with Crippen molar-refractivity contribution >= 4 is 44.0 Å². The van der Waals surface area contributed by atoms with E-state index in [4.69, 9.17) is 9.47 Å². The van der Waals surface area contributed by atoms with Crippen molar-refractivity contribution < 1.29 is 19.1 Å². The molecule has 0 aromatic carbocycles. The summed E-state index contributed by atoms with van der Waals surface area (Å²) in [6, 6.07) is 4.48. The summed E-state index contributed by atoms with van der Waals surface area (Å²) in [5.41, 5.74) is -0.419. The zero-order valence-corrected chi connectivity index (χ0v) is 23.3. The van der Waals surface area contributed by atoms with Crippen molar-refractivity contribution in [1.29, 1.82) is 0 Å². The first kappa shape index (κ1) is 28.8. The minimum Gasteiger partial charge on any atom is -0.466 e. The SMILES string of the molecule is CCCCOC(=O)CCc1cc2sc(CC(CCCC)(CCCC)C(=O)OCCCC)cc2s1. The summed E-state index contributed by atoms with van der Waals surface area (Å²) < 4.78 is 13.6. The van der Waals surface area contributed by atoms with Gasteiger partial charge in [0.25, 0.3) is 0 Å². The molecule has 0 unspecified atom stereocenters. The molecule has 0 atom stereocenters. The summed E-state index contributed by atoms with van der Waals surface area (Å²) in [6.07, 6.45) is 11.9. The maximum atomic E-state index is 13.3. The lowest BCUT2D eigenvalue weighted by atomic mass is 9.75. The van der Waals surface area contributed by atoms with E-state index in [1.54, 1.807) is 22.7 Å². The zero-order valence-electron chi connectivity index (χ0n) is 21.7. The molecule has 0 saturated heterocycles. The Hall–Kier alpha value is -1.40. The number of carbonyl (C=O) groups excluding carboxylic acids is 2. The second kappa shape index (κ2) is 15.6. The Morgan fingerprint density at radius 2 is 1.29 bits per heavy atom. The maximum Gasteiger partial charge on any atom is 0.312 e. The summed E-state index contributed by atoms with van der Waals surface area (Å²) in [6.45, 7) is 9.64. The quantitative estimate of drug-likeness (QED) is 0.150. The smallest absolute Gasteiger partial charge is 0.312 e. The third kappa shape index (κ3) is 8.99. The topological polar surface area (TPSA) is 52.6 Å². The molecule has 34 heavy (non-hydrogen) atoms. The van der Waals surface area contributed by atoms with Crippen LogP contribution in [-0.4, -0.2) is 25.2 Å². The van der Waals surface area contributed by atoms with Crippen molar-refractivity contribution in [2.75, 3.05) is 13.2 Å². The van der Waals surface area contributed by atoms with Gasteiger partial charge < -0.3 is 9.47 Å². The molecule has 192 valence electrons. The van der Waals surface area contributed by atoms with E-state index in [0.717, 1.165) is 77.0 Å². The normalized spacial score (nSPS) is 11.8. The third-order valence-electron chi connectivity index (χ3n) is 6.34. The van der Waals surface area contributed by atoms with Crippen LogP contribution in [-0.2, 0) is 31.9 Å². The van der Waals surface area contributed by atoms with Crippen LogP contribution in [0.1, 0.15) is 108 Å². The predicted octanol–water partition coefficient (Wildman–Crippen LogP) is 8.49. The van der Waals surface area contributed by atoms with Gasteiger partial charge in [-0.3, -0.25) is 9.59 Å². The summed E-state index contributed by atoms with van der Waals surface area (Å²) in [5.74, 6) is -0.106. The van der Waals surface area contributed by atoms with E-state index >= 15 is 0 Å². The summed E-state index contributed by atoms with van der Waals surface area (Å²) in [5, 5.41) is 0. The Balaban J connectivity index is 2.11. The molecule has 0 bridgehead atoms. The molecule has 0 amide bonds. The minimum absolute atomic E-state index is 0.00174. The van der Waals surface area contributed by atoms with Crippen molar-refractivity contribution in [2.45, 2.75) is 111 Å². The third-order valence-corrected chi connectivity index (χ3v) is 8.69. The van der Waals surface area contributed by atoms with Gasteiger partial charge in [-0.15, -0.1) is 22.7 Å². The van der Waals surface area contributed by atoms with Gasteiger partial charge in [0.15, 0.2) is 0 Å². The highest BCUT2D eigenvalue weighted by Crippen LogP contribution is 2.41. The molecule has 0 aliphatic heterocycles. The van der Waals surface area contributed by atoms with E-state index in [9.17, 15) is 9.59 Å². The molecular formula is C28H44O4S2. The van der Waals surface area contributed by atoms with Gasteiger partial charge in [-0.25, -0.2) is 0 Å². The number of aryl methyl sites for hydroxylation is 1. The van der Waals surface area contributed by atoms with Crippen molar-refractivity contribution in [1.82, 2.24) is 0 Å². The molecular weight excluding hydrogens is 464 g/mol. The number of hydrogen-bond donors (Lipinski definition) is 0. The molecule has 0 aliphatic rings. The monoisotopic (exact) mass is 508 g/mol. The minimum atomic E-state index is -0.419. The van der Waals surface area contributed by atoms with Crippen LogP contribution >= 0.6 is 22.7 Å². The first-order valence-electron chi connectivity index (χ1n) is 13.3. The molecule has 2 heterocycles. The second-order valence-electron chi connectivity index (χ2n) is 9.38. The highest BCUT2D eigenvalue weighted by Gasteiger charge is 2.39. The van der Waals surface area contributed by atoms with Crippen LogP contribution in [0.15, 0.2) is 12.1 Å². The number of ether oxygens (including phenoxy) is 2. The van der Waals surface area contributed by atoms with Crippen LogP contribution in [0.3, 0.4) is 0 Å². The Labute approximate surface area is 214 Å². The molecule has 2 rings (SSSR count). The molecule has 2 aromatic rings. The fourth-order valence-corrected chi connectivity index (χ4v) is 6.77. The predicted molar refractivity (Wildman–Crippen MR) is 145 cm³/mol. The largest absolute Gasteiger partial charge is 0.466 e. The maximum absolute atomic E-state index is 13.3. The summed E-state index contributed by atoms with van der Waals surface area (Å²) >= 11 is 3.56. The second-order valence-corrected chi connectivity index (χ2v) is 11.7. The molecule has 0 N–H and O–H groups in total. The van der Waals surface area contributed by atoms with Crippen molar-refractivity contribution in [2.24, 2.45) is 5.41 Å². The van der Waals surface area contributed by atoms with Crippen molar-refractivity contribution in [3.63, 3.8) is 0 Å². The molecule has 4 nitrogen and oxygen atoms in total. The highest BCUT2D eigenvalue weighted by molar-refractivity contribution is 7.27. The fourth-order valence-electron chi connectivity index (χ4n) is 4.18. The molecule has 2 aromatic heterocycles. The number of rotatable bonds is 18. The van der Waals surface area contributed by atoms with Gasteiger partial charge in [-0.05, 0) is 50.7 Å². The van der Waals surface area contributed by atoms with Gasteiger partial charge >= 0.3 is 11.9 Å². The van der Waals surface area contributed by atoms with E-state index < -0.39 is 5.41 Å². The lowest BCUT2D eigenvalue weighted by molar-refractivity contribution is -0.157. The van der Waals surface area contributed by atoms with Crippen LogP contribution < -0.4 is 0 Å². The number of carbonyl (C=O) groups is 2. The number of hydrogen-bond acceptors (Lipinski definition) is 6. The lowest BCUT2D eigenvalue weighted by Crippen LogP contribution is -2.35. The first-order chi connectivity index (χ1) is 16.5. The Kier molecular flexibility index (Phi) is 13.2. The van der Waals surface area contributed by atoms with Crippen LogP contribution in [0, 0.1) is 5.41 Å². The van der Waals surface area contributed by atoms with Gasteiger partial charge in [0.2, 0.25) is 0 Å². The van der Waals surface area contributed by atoms with Gasteiger partial charge in [0.05, 0.1) is 25.0 Å². The molecule has 0 spiro atoms. The number of unbranched alkanes of at least 4 members (excludes halogenated alkanes) is 4. The van der Waals surface area contributed by atoms with Gasteiger partial charge in [0.1, 0.15) is 0 Å². The van der Waals surface area contributed by atoms with Gasteiger partial charge in [-0.2, -0.15) is 0 Å². The van der Waals surface area contributed by atoms with Crippen LogP contribution in [0.25, 0.3) is 9.40 Å². The van der Waals surface area contributed by atoms with Gasteiger partial charge in [-0.1, -0.05) is 66.2 Å². The van der Waals surface area contributed by atoms with Crippen LogP contribution in [0.5, 0.6) is 0 Å². The number of thiophene rings is 2. The van der Waals surface area contributed by atoms with E-state index in [1.807, 2.05) is 0 Å². The van der Waals surface area contributed by atoms with E-state index in [2.05, 4.69) is 39.8 Å². The number of fused-ring (bicyclic) bond motifs is 1. The summed E-state index contributed by atoms with van der Waals surface area (Å²) in [7, 11) is 0. The molecule has 0 fully saturated rings. The molecule has 0 radical (unpaired) electrons. The summed E-state index contributed by atoms with van der Waals surface area (Å²) in [4.78, 5) is 27.8. The van der Waals surface area contributed by atoms with Crippen molar-refractivity contribution in [3.8, 4) is 0 Å². The Bertz CT molecular complexity index is 828. The van der Waals surface area contributed by atoms with E-state index in [0.29, 0.717) is 19.6 Å². The number of esters is 2. The molecule has 0 aliphatic carbocycles. The standard InChI is InChI=1S/C28H44O4S2/c1-5-9-15-28(16-10-6-2,27(30)32-18-12-8-4)21-23-20-25-24(34-23)19-22(33-25)13-14-26(29)31-17-11-7-3/h19-20H,5-18,21H2,1-4H3. The van der Waals surface area contributed by atoms with E-state index in [-0.39, 0.29) is 11.9 Å². The average molecular weight is 509 g/mol.